The summed E-state index contributed by atoms with van der Waals surface area (Å²) >= 11 is 0. The summed E-state index contributed by atoms with van der Waals surface area (Å²) in [6.45, 7) is 3.32. The summed E-state index contributed by atoms with van der Waals surface area (Å²) in [5.41, 5.74) is 1.96. The van der Waals surface area contributed by atoms with Crippen molar-refractivity contribution in [1.82, 2.24) is 15.0 Å². The zero-order valence-corrected chi connectivity index (χ0v) is 18.9. The van der Waals surface area contributed by atoms with Crippen LogP contribution in [0.4, 0.5) is 36.3 Å². The number of nitrogens with one attached hydrogen (secondary N) is 3. The average molecular weight is 484 g/mol. The van der Waals surface area contributed by atoms with Crippen LogP contribution in [0.2, 0.25) is 0 Å². The Morgan fingerprint density at radius 3 is 2.66 bits per heavy atom. The number of aryl methyl sites for hydroxylation is 1. The predicted molar refractivity (Wildman–Crippen MR) is 125 cm³/mol. The second-order valence-electron chi connectivity index (χ2n) is 8.54. The number of hydrogen-bond donors (Lipinski definition) is 3. The van der Waals surface area contributed by atoms with Gasteiger partial charge in [0.25, 0.3) is 0 Å². The molecule has 1 saturated heterocycles. The molecule has 4 heterocycles. The molecule has 1 aromatic carbocycles. The van der Waals surface area contributed by atoms with Crippen LogP contribution >= 0.6 is 0 Å². The van der Waals surface area contributed by atoms with Crippen molar-refractivity contribution in [3.05, 3.63) is 53.3 Å². The number of carbonyl (C=O) groups excluding carboxylic acids is 1. The van der Waals surface area contributed by atoms with E-state index in [4.69, 9.17) is 4.74 Å². The summed E-state index contributed by atoms with van der Waals surface area (Å²) in [6.07, 6.45) is -1.21. The molecular formula is C24H23F3N6O2. The van der Waals surface area contributed by atoms with Crippen LogP contribution in [0.1, 0.15) is 29.7 Å². The van der Waals surface area contributed by atoms with Crippen molar-refractivity contribution >= 4 is 29.0 Å². The minimum Gasteiger partial charge on any atom is -0.381 e. The lowest BCUT2D eigenvalue weighted by Gasteiger charge is -2.24. The molecule has 0 atom stereocenters. The first-order valence-corrected chi connectivity index (χ1v) is 11.2. The Labute approximate surface area is 199 Å². The summed E-state index contributed by atoms with van der Waals surface area (Å²) in [4.78, 5) is 25.7. The Bertz CT molecular complexity index is 1270. The molecular weight excluding hydrogens is 461 g/mol. The smallest absolute Gasteiger partial charge is 0.381 e. The number of nitrogens with zero attached hydrogens (tertiary/aromatic N) is 3. The molecule has 0 unspecified atom stereocenters. The molecule has 0 saturated carbocycles. The van der Waals surface area contributed by atoms with Crippen molar-refractivity contribution in [1.29, 1.82) is 0 Å². The van der Waals surface area contributed by atoms with Crippen molar-refractivity contribution in [3.63, 3.8) is 0 Å². The van der Waals surface area contributed by atoms with E-state index in [-0.39, 0.29) is 18.1 Å². The number of hydrogen-bond acceptors (Lipinski definition) is 7. The third kappa shape index (κ3) is 5.04. The van der Waals surface area contributed by atoms with Crippen molar-refractivity contribution in [3.8, 4) is 11.3 Å². The highest BCUT2D eigenvalue weighted by atomic mass is 19.4. The average Bonchev–Trinajstić information content (AvgIpc) is 2.95. The van der Waals surface area contributed by atoms with Crippen molar-refractivity contribution in [2.75, 3.05) is 29.2 Å². The Morgan fingerprint density at radius 1 is 1.11 bits per heavy atom. The lowest BCUT2D eigenvalue weighted by molar-refractivity contribution is -0.137. The van der Waals surface area contributed by atoms with Gasteiger partial charge in [0.2, 0.25) is 11.9 Å². The number of pyridine rings is 1. The normalized spacial score (nSPS) is 16.1. The largest absolute Gasteiger partial charge is 0.416 e. The molecule has 3 aromatic rings. The van der Waals surface area contributed by atoms with Crippen LogP contribution in [-0.4, -0.2) is 40.1 Å². The minimum atomic E-state index is -4.52. The molecule has 5 rings (SSSR count). The van der Waals surface area contributed by atoms with Gasteiger partial charge in [-0.1, -0.05) is 6.07 Å². The van der Waals surface area contributed by atoms with Gasteiger partial charge >= 0.3 is 6.18 Å². The van der Waals surface area contributed by atoms with Crippen LogP contribution in [-0.2, 0) is 22.1 Å². The third-order valence-electron chi connectivity index (χ3n) is 6.00. The topological polar surface area (TPSA) is 101 Å². The predicted octanol–water partition coefficient (Wildman–Crippen LogP) is 4.69. The van der Waals surface area contributed by atoms with E-state index in [0.717, 1.165) is 49.7 Å². The highest BCUT2D eigenvalue weighted by molar-refractivity contribution is 6.00. The maximum absolute atomic E-state index is 13.2. The molecule has 2 aromatic heterocycles. The summed E-state index contributed by atoms with van der Waals surface area (Å²) in [5.74, 6) is 0.585. The van der Waals surface area contributed by atoms with Gasteiger partial charge in [0, 0.05) is 36.6 Å². The number of alkyl halides is 3. The molecule has 2 aliphatic heterocycles. The molecule has 1 fully saturated rings. The van der Waals surface area contributed by atoms with Crippen molar-refractivity contribution in [2.24, 2.45) is 0 Å². The number of halogens is 3. The maximum Gasteiger partial charge on any atom is 0.416 e. The number of amides is 1. The lowest BCUT2D eigenvalue weighted by Crippen LogP contribution is -2.28. The number of rotatable bonds is 4. The highest BCUT2D eigenvalue weighted by Gasteiger charge is 2.32. The van der Waals surface area contributed by atoms with Crippen molar-refractivity contribution in [2.45, 2.75) is 38.4 Å². The van der Waals surface area contributed by atoms with Gasteiger partial charge in [-0.3, -0.25) is 4.79 Å². The fraction of sp³-hybridized carbons (Fsp3) is 0.333. The molecule has 8 nitrogen and oxygen atoms in total. The first kappa shape index (κ1) is 23.0. The Morgan fingerprint density at radius 2 is 1.91 bits per heavy atom. The summed E-state index contributed by atoms with van der Waals surface area (Å²) in [6, 6.07) is 7.28. The quantitative estimate of drug-likeness (QED) is 0.494. The molecule has 35 heavy (non-hydrogen) atoms. The monoisotopic (exact) mass is 484 g/mol. The van der Waals surface area contributed by atoms with Crippen LogP contribution in [0.15, 0.2) is 36.5 Å². The van der Waals surface area contributed by atoms with E-state index in [9.17, 15) is 18.0 Å². The van der Waals surface area contributed by atoms with E-state index in [2.05, 4.69) is 30.9 Å². The standard InChI is InChI=1S/C24H23F3N6O2/c1-13-18(4-5-20(29-13)30-16-6-8-35-9-7-16)32-23-28-12-14-10-21(34)31-19-11-15(24(25,26)27)2-3-17(19)22(14)33-23/h2-5,11-12,16H,6-10H2,1H3,(H,29,30)(H,31,34)(H,28,32,33). The van der Waals surface area contributed by atoms with E-state index in [1.165, 1.54) is 12.3 Å². The second kappa shape index (κ2) is 9.14. The Hall–Kier alpha value is -3.73. The van der Waals surface area contributed by atoms with Gasteiger partial charge in [-0.15, -0.1) is 0 Å². The number of carbonyl (C=O) groups is 1. The first-order valence-electron chi connectivity index (χ1n) is 11.2. The van der Waals surface area contributed by atoms with Gasteiger partial charge in [-0.25, -0.2) is 15.0 Å². The van der Waals surface area contributed by atoms with Gasteiger partial charge in [0.05, 0.1) is 34.7 Å². The SMILES string of the molecule is Cc1nc(NC2CCOCC2)ccc1Nc1ncc2c(n1)-c1ccc(C(F)(F)F)cc1NC(=O)C2. The first-order chi connectivity index (χ1) is 16.8. The fourth-order valence-electron chi connectivity index (χ4n) is 4.17. The summed E-state index contributed by atoms with van der Waals surface area (Å²) in [7, 11) is 0. The van der Waals surface area contributed by atoms with Crippen LogP contribution in [0, 0.1) is 6.92 Å². The van der Waals surface area contributed by atoms with E-state index in [1.54, 1.807) is 0 Å². The van der Waals surface area contributed by atoms with Crippen molar-refractivity contribution < 1.29 is 22.7 Å². The summed E-state index contributed by atoms with van der Waals surface area (Å²) in [5, 5.41) is 9.10. The number of anilines is 4. The second-order valence-corrected chi connectivity index (χ2v) is 8.54. The fourth-order valence-corrected chi connectivity index (χ4v) is 4.17. The van der Waals surface area contributed by atoms with Gasteiger partial charge in [0.15, 0.2) is 0 Å². The molecule has 11 heteroatoms. The molecule has 1 amide bonds. The van der Waals surface area contributed by atoms with Gasteiger partial charge < -0.3 is 20.7 Å². The van der Waals surface area contributed by atoms with E-state index < -0.39 is 17.6 Å². The number of fused-ring (bicyclic) bond motifs is 3. The van der Waals surface area contributed by atoms with E-state index in [0.29, 0.717) is 28.6 Å². The minimum absolute atomic E-state index is 0.0429. The molecule has 3 N–H and O–H groups in total. The zero-order valence-electron chi connectivity index (χ0n) is 18.9. The summed E-state index contributed by atoms with van der Waals surface area (Å²) < 4.78 is 45.0. The number of aromatic nitrogens is 3. The van der Waals surface area contributed by atoms with Gasteiger partial charge in [0.1, 0.15) is 5.82 Å². The lowest BCUT2D eigenvalue weighted by atomic mass is 10.0. The molecule has 0 spiro atoms. The number of benzene rings is 1. The third-order valence-corrected chi connectivity index (χ3v) is 6.00. The Balaban J connectivity index is 1.41. The highest BCUT2D eigenvalue weighted by Crippen LogP contribution is 2.38. The molecule has 2 aliphatic rings. The van der Waals surface area contributed by atoms with E-state index >= 15 is 0 Å². The number of ether oxygens (including phenoxy) is 1. The zero-order chi connectivity index (χ0) is 24.6. The molecule has 0 radical (unpaired) electrons. The van der Waals surface area contributed by atoms with E-state index in [1.807, 2.05) is 19.1 Å². The molecule has 0 aliphatic carbocycles. The molecule has 182 valence electrons. The van der Waals surface area contributed by atoms with Crippen LogP contribution in [0.3, 0.4) is 0 Å². The maximum atomic E-state index is 13.2. The van der Waals surface area contributed by atoms with Gasteiger partial charge in [-0.2, -0.15) is 13.2 Å². The van der Waals surface area contributed by atoms with Crippen LogP contribution in [0.5, 0.6) is 0 Å². The van der Waals surface area contributed by atoms with Crippen LogP contribution in [0.25, 0.3) is 11.3 Å². The Kier molecular flexibility index (Phi) is 6.01. The molecule has 0 bridgehead atoms. The van der Waals surface area contributed by atoms with Gasteiger partial charge in [-0.05, 0) is 44.0 Å². The van der Waals surface area contributed by atoms with Crippen LogP contribution < -0.4 is 16.0 Å².